The van der Waals surface area contributed by atoms with Crippen molar-refractivity contribution in [2.24, 2.45) is 4.99 Å². The molecule has 2 N–H and O–H groups in total. The third-order valence-electron chi connectivity index (χ3n) is 5.71. The summed E-state index contributed by atoms with van der Waals surface area (Å²) in [5.74, 6) is -0.663. The third-order valence-corrected chi connectivity index (χ3v) is 6.16. The second-order valence-corrected chi connectivity index (χ2v) is 9.17. The fraction of sp³-hybridized carbons (Fsp3) is 0.214. The first kappa shape index (κ1) is 26.1. The molecular formula is C28H25ClN4O3S. The van der Waals surface area contributed by atoms with Crippen LogP contribution in [0.25, 0.3) is 0 Å². The van der Waals surface area contributed by atoms with Crippen molar-refractivity contribution in [3.05, 3.63) is 94.5 Å². The minimum Gasteiger partial charge on any atom is -0.462 e. The van der Waals surface area contributed by atoms with Crippen LogP contribution in [-0.2, 0) is 9.53 Å². The Morgan fingerprint density at radius 1 is 1.19 bits per heavy atom. The van der Waals surface area contributed by atoms with Crippen LogP contribution in [0.15, 0.2) is 65.7 Å². The monoisotopic (exact) mass is 532 g/mol. The predicted molar refractivity (Wildman–Crippen MR) is 149 cm³/mol. The molecule has 1 heterocycles. The van der Waals surface area contributed by atoms with Crippen LogP contribution in [0.1, 0.15) is 41.3 Å². The Labute approximate surface area is 226 Å². The topological polar surface area (TPSA) is 83.0 Å². The number of ether oxygens (including phenoxy) is 1. The van der Waals surface area contributed by atoms with Gasteiger partial charge >= 0.3 is 5.97 Å². The second kappa shape index (κ2) is 11.9. The fourth-order valence-corrected chi connectivity index (χ4v) is 4.14. The van der Waals surface area contributed by atoms with Crippen LogP contribution in [0.3, 0.4) is 0 Å². The van der Waals surface area contributed by atoms with Crippen LogP contribution in [-0.4, -0.2) is 42.5 Å². The standard InChI is InChI=1S/C28H25ClN4O3S/c1-3-4-16-36-27(35)19-10-13-21(14-11-19)30-28(37)32-25-26(34)33(2)23-15-12-20(29)17-22(23)24(31-25)18-8-6-5-7-9-18/h6,8-15,17,25H,3-4,16H2,1-2H3,(H2,30,32,37). The molecule has 7 nitrogen and oxygen atoms in total. The summed E-state index contributed by atoms with van der Waals surface area (Å²) in [6, 6.07) is 23.2. The Bertz CT molecular complexity index is 1330. The zero-order chi connectivity index (χ0) is 26.4. The van der Waals surface area contributed by atoms with Gasteiger partial charge in [-0.05, 0) is 79.3 Å². The number of aliphatic imine (C=N–C) groups is 1. The van der Waals surface area contributed by atoms with Gasteiger partial charge in [-0.15, -0.1) is 0 Å². The summed E-state index contributed by atoms with van der Waals surface area (Å²) in [4.78, 5) is 31.8. The first-order valence-electron chi connectivity index (χ1n) is 11.8. The quantitative estimate of drug-likeness (QED) is 0.252. The summed E-state index contributed by atoms with van der Waals surface area (Å²) in [6.45, 7) is 2.43. The van der Waals surface area contributed by atoms with Gasteiger partial charge in [0.25, 0.3) is 5.91 Å². The molecule has 188 valence electrons. The van der Waals surface area contributed by atoms with Crippen LogP contribution < -0.4 is 15.5 Å². The number of halogens is 1. The van der Waals surface area contributed by atoms with Crippen molar-refractivity contribution >= 4 is 57.9 Å². The number of nitrogens with one attached hydrogen (secondary N) is 2. The molecule has 0 spiro atoms. The van der Waals surface area contributed by atoms with E-state index in [9.17, 15) is 9.59 Å². The van der Waals surface area contributed by atoms with Crippen LogP contribution in [0.4, 0.5) is 11.4 Å². The number of carbonyl (C=O) groups is 2. The molecule has 0 bridgehead atoms. The smallest absolute Gasteiger partial charge is 0.338 e. The van der Waals surface area contributed by atoms with Gasteiger partial charge in [-0.3, -0.25) is 4.79 Å². The number of unbranched alkanes of at least 4 members (excludes halogenated alkanes) is 1. The molecule has 3 aromatic rings. The van der Waals surface area contributed by atoms with Crippen LogP contribution in [0, 0.1) is 12.1 Å². The first-order valence-corrected chi connectivity index (χ1v) is 12.5. The van der Waals surface area contributed by atoms with E-state index in [-0.39, 0.29) is 17.0 Å². The Morgan fingerprint density at radius 3 is 2.68 bits per heavy atom. The molecule has 1 aliphatic heterocycles. The third kappa shape index (κ3) is 6.26. The number of benzene rings is 2. The molecule has 1 atom stereocenters. The van der Waals surface area contributed by atoms with Crippen molar-refractivity contribution in [1.29, 1.82) is 0 Å². The highest BCUT2D eigenvalue weighted by Gasteiger charge is 2.30. The van der Waals surface area contributed by atoms with Gasteiger partial charge in [-0.2, -0.15) is 0 Å². The van der Waals surface area contributed by atoms with E-state index >= 15 is 0 Å². The minimum absolute atomic E-state index is 0.199. The number of hydrogen-bond acceptors (Lipinski definition) is 5. The normalized spacial score (nSPS) is 14.6. The second-order valence-electron chi connectivity index (χ2n) is 8.33. The maximum Gasteiger partial charge on any atom is 0.338 e. The van der Waals surface area contributed by atoms with E-state index in [4.69, 9.17) is 33.5 Å². The molecule has 1 unspecified atom stereocenters. The Kier molecular flexibility index (Phi) is 8.39. The molecule has 0 saturated heterocycles. The summed E-state index contributed by atoms with van der Waals surface area (Å²) in [5, 5.41) is 6.78. The molecule has 1 amide bonds. The number of carbonyl (C=O) groups excluding carboxylic acids is 2. The van der Waals surface area contributed by atoms with Gasteiger partial charge in [0, 0.05) is 28.9 Å². The van der Waals surface area contributed by atoms with E-state index in [1.165, 1.54) is 4.90 Å². The number of fused-ring (bicyclic) bond motifs is 1. The van der Waals surface area contributed by atoms with Gasteiger partial charge in [-0.25, -0.2) is 9.79 Å². The number of benzodiazepines with no additional fused rings is 1. The van der Waals surface area contributed by atoms with E-state index in [0.29, 0.717) is 39.8 Å². The van der Waals surface area contributed by atoms with E-state index in [1.54, 1.807) is 61.6 Å². The van der Waals surface area contributed by atoms with E-state index in [1.807, 2.05) is 13.0 Å². The van der Waals surface area contributed by atoms with Crippen LogP contribution in [0.5, 0.6) is 0 Å². The number of likely N-dealkylation sites (N-methyl/N-ethyl adjacent to an activating group) is 1. The average molecular weight is 533 g/mol. The number of esters is 1. The van der Waals surface area contributed by atoms with Crippen molar-refractivity contribution in [1.82, 2.24) is 5.32 Å². The molecular weight excluding hydrogens is 508 g/mol. The molecule has 1 aliphatic rings. The number of amides is 1. The summed E-state index contributed by atoms with van der Waals surface area (Å²) in [6.07, 6.45) is 0.778. The van der Waals surface area contributed by atoms with Crippen molar-refractivity contribution in [3.63, 3.8) is 0 Å². The van der Waals surface area contributed by atoms with Gasteiger partial charge < -0.3 is 20.3 Å². The van der Waals surface area contributed by atoms with Crippen molar-refractivity contribution < 1.29 is 14.3 Å². The number of nitrogens with zero attached hydrogens (tertiary/aromatic N) is 2. The van der Waals surface area contributed by atoms with Gasteiger partial charge in [0.15, 0.2) is 5.11 Å². The number of hydrogen-bond donors (Lipinski definition) is 2. The van der Waals surface area contributed by atoms with Gasteiger partial charge in [-0.1, -0.05) is 37.1 Å². The molecule has 4 rings (SSSR count). The highest BCUT2D eigenvalue weighted by atomic mass is 35.5. The Balaban J connectivity index is 1.54. The number of anilines is 2. The molecule has 0 fully saturated rings. The average Bonchev–Trinajstić information content (AvgIpc) is 3.00. The van der Waals surface area contributed by atoms with E-state index in [0.717, 1.165) is 18.4 Å². The maximum absolute atomic E-state index is 13.4. The maximum atomic E-state index is 13.4. The highest BCUT2D eigenvalue weighted by molar-refractivity contribution is 7.80. The lowest BCUT2D eigenvalue weighted by Gasteiger charge is -2.22. The first-order chi connectivity index (χ1) is 17.9. The highest BCUT2D eigenvalue weighted by Crippen LogP contribution is 2.29. The van der Waals surface area contributed by atoms with Crippen LogP contribution >= 0.6 is 23.8 Å². The SMILES string of the molecule is CCCCOC(=O)c1ccc(NC(=S)NC2N=C(c3cc#ccc3)c3cc(Cl)ccc3N(C)C2=O)cc1. The summed E-state index contributed by atoms with van der Waals surface area (Å²) >= 11 is 11.8. The Hall–Kier alpha value is -3.93. The molecule has 0 aliphatic carbocycles. The molecule has 3 aromatic carbocycles. The molecule has 37 heavy (non-hydrogen) atoms. The van der Waals surface area contributed by atoms with Crippen LogP contribution in [0.2, 0.25) is 5.02 Å². The predicted octanol–water partition coefficient (Wildman–Crippen LogP) is 5.02. The molecule has 0 radical (unpaired) electrons. The number of rotatable bonds is 7. The van der Waals surface area contributed by atoms with E-state index in [2.05, 4.69) is 22.8 Å². The van der Waals surface area contributed by atoms with Crippen molar-refractivity contribution in [2.75, 3.05) is 23.9 Å². The van der Waals surface area contributed by atoms with E-state index < -0.39 is 6.17 Å². The molecule has 0 saturated carbocycles. The summed E-state index contributed by atoms with van der Waals surface area (Å²) in [7, 11) is 1.68. The lowest BCUT2D eigenvalue weighted by Crippen LogP contribution is -2.47. The zero-order valence-electron chi connectivity index (χ0n) is 20.4. The summed E-state index contributed by atoms with van der Waals surface area (Å²) < 4.78 is 5.24. The Morgan fingerprint density at radius 2 is 1.97 bits per heavy atom. The van der Waals surface area contributed by atoms with Crippen molar-refractivity contribution in [3.8, 4) is 0 Å². The summed E-state index contributed by atoms with van der Waals surface area (Å²) in [5.41, 5.74) is 3.82. The van der Waals surface area contributed by atoms with Gasteiger partial charge in [0.05, 0.1) is 23.6 Å². The van der Waals surface area contributed by atoms with Gasteiger partial charge in [0.1, 0.15) is 0 Å². The van der Waals surface area contributed by atoms with Gasteiger partial charge in [0.2, 0.25) is 6.17 Å². The molecule has 0 aromatic heterocycles. The lowest BCUT2D eigenvalue weighted by molar-refractivity contribution is -0.119. The zero-order valence-corrected chi connectivity index (χ0v) is 21.9. The number of thiocarbonyl (C=S) groups is 1. The lowest BCUT2D eigenvalue weighted by atomic mass is 10.0. The minimum atomic E-state index is -0.997. The fourth-order valence-electron chi connectivity index (χ4n) is 3.74. The molecule has 9 heteroatoms. The van der Waals surface area contributed by atoms with Crippen molar-refractivity contribution in [2.45, 2.75) is 25.9 Å². The largest absolute Gasteiger partial charge is 0.462 e.